The number of fused-ring (bicyclic) bond motifs is 1. The second kappa shape index (κ2) is 6.02. The number of para-hydroxylation sites is 1. The van der Waals surface area contributed by atoms with Crippen LogP contribution in [-0.4, -0.2) is 30.0 Å². The summed E-state index contributed by atoms with van der Waals surface area (Å²) < 4.78 is 13.2. The van der Waals surface area contributed by atoms with E-state index in [2.05, 4.69) is 15.6 Å². The Morgan fingerprint density at radius 2 is 1.88 bits per heavy atom. The molecule has 1 amide bonds. The van der Waals surface area contributed by atoms with Crippen LogP contribution in [0.3, 0.4) is 0 Å². The van der Waals surface area contributed by atoms with Crippen LogP contribution in [-0.2, 0) is 0 Å². The molecule has 4 rings (SSSR count). The van der Waals surface area contributed by atoms with Crippen LogP contribution in [0.15, 0.2) is 54.6 Å². The van der Waals surface area contributed by atoms with Crippen LogP contribution in [0, 0.1) is 5.82 Å². The molecule has 0 bridgehead atoms. The molecular weight excluding hydrogens is 305 g/mol. The zero-order valence-corrected chi connectivity index (χ0v) is 12.9. The van der Waals surface area contributed by atoms with Crippen molar-refractivity contribution in [3.05, 3.63) is 66.0 Å². The molecule has 24 heavy (non-hydrogen) atoms. The molecule has 2 heterocycles. The van der Waals surface area contributed by atoms with E-state index in [4.69, 9.17) is 0 Å². The highest BCUT2D eigenvalue weighted by Crippen LogP contribution is 2.25. The molecular formula is C19H16FN3O. The summed E-state index contributed by atoms with van der Waals surface area (Å²) in [5, 5.41) is 6.97. The fourth-order valence-corrected chi connectivity index (χ4v) is 2.79. The number of carbonyl (C=O) groups is 1. The number of hydrogen-bond acceptors (Lipinski definition) is 3. The van der Waals surface area contributed by atoms with Gasteiger partial charge in [0.25, 0.3) is 5.91 Å². The van der Waals surface area contributed by atoms with E-state index in [-0.39, 0.29) is 17.8 Å². The highest BCUT2D eigenvalue weighted by molar-refractivity contribution is 6.07. The highest BCUT2D eigenvalue weighted by Gasteiger charge is 2.21. The van der Waals surface area contributed by atoms with Gasteiger partial charge in [-0.2, -0.15) is 0 Å². The van der Waals surface area contributed by atoms with Gasteiger partial charge in [-0.25, -0.2) is 9.37 Å². The average Bonchev–Trinajstić information content (AvgIpc) is 2.57. The average molecular weight is 321 g/mol. The molecule has 0 radical (unpaired) electrons. The predicted molar refractivity (Wildman–Crippen MR) is 91.3 cm³/mol. The molecule has 3 aromatic rings. The molecule has 0 aliphatic carbocycles. The maximum atomic E-state index is 13.2. The van der Waals surface area contributed by atoms with Crippen LogP contribution < -0.4 is 10.6 Å². The van der Waals surface area contributed by atoms with Crippen LogP contribution in [0.4, 0.5) is 4.39 Å². The van der Waals surface area contributed by atoms with E-state index in [1.165, 1.54) is 12.1 Å². The van der Waals surface area contributed by atoms with Crippen molar-refractivity contribution in [1.29, 1.82) is 0 Å². The van der Waals surface area contributed by atoms with Gasteiger partial charge in [0, 0.05) is 24.0 Å². The molecule has 1 aliphatic rings. The lowest BCUT2D eigenvalue weighted by molar-refractivity contribution is 0.0925. The maximum Gasteiger partial charge on any atom is 0.252 e. The largest absolute Gasteiger partial charge is 0.347 e. The van der Waals surface area contributed by atoms with Crippen molar-refractivity contribution in [3.63, 3.8) is 0 Å². The zero-order valence-electron chi connectivity index (χ0n) is 12.9. The van der Waals surface area contributed by atoms with Gasteiger partial charge in [-0.3, -0.25) is 4.79 Å². The first kappa shape index (κ1) is 14.8. The number of hydrogen-bond donors (Lipinski definition) is 2. The Hall–Kier alpha value is -2.79. The fourth-order valence-electron chi connectivity index (χ4n) is 2.79. The van der Waals surface area contributed by atoms with E-state index >= 15 is 0 Å². The smallest absolute Gasteiger partial charge is 0.252 e. The molecule has 4 nitrogen and oxygen atoms in total. The van der Waals surface area contributed by atoms with Crippen molar-refractivity contribution in [2.24, 2.45) is 0 Å². The molecule has 2 N–H and O–H groups in total. The molecule has 0 saturated carbocycles. The number of carbonyl (C=O) groups excluding carboxylic acids is 1. The number of rotatable bonds is 3. The molecule has 1 aromatic heterocycles. The lowest BCUT2D eigenvalue weighted by Gasteiger charge is -2.28. The van der Waals surface area contributed by atoms with E-state index in [9.17, 15) is 9.18 Å². The topological polar surface area (TPSA) is 54.0 Å². The Morgan fingerprint density at radius 3 is 2.58 bits per heavy atom. The molecule has 5 heteroatoms. The number of halogens is 1. The Bertz CT molecular complexity index is 904. The van der Waals surface area contributed by atoms with Crippen LogP contribution in [0.5, 0.6) is 0 Å². The summed E-state index contributed by atoms with van der Waals surface area (Å²) in [5.74, 6) is -0.404. The third kappa shape index (κ3) is 2.74. The lowest BCUT2D eigenvalue weighted by Crippen LogP contribution is -2.56. The minimum Gasteiger partial charge on any atom is -0.347 e. The number of benzene rings is 2. The van der Waals surface area contributed by atoms with E-state index in [1.807, 2.05) is 24.3 Å². The monoisotopic (exact) mass is 321 g/mol. The first-order valence-electron chi connectivity index (χ1n) is 7.88. The number of amides is 1. The standard InChI is InChI=1S/C19H16FN3O/c20-13-7-5-12(6-8-13)18-9-16(19(24)22-14-10-21-11-14)15-3-1-2-4-17(15)23-18/h1-9,14,21H,10-11H2,(H,22,24). The SMILES string of the molecule is O=C(NC1CNC1)c1cc(-c2ccc(F)cc2)nc2ccccc12. The molecule has 1 saturated heterocycles. The Balaban J connectivity index is 1.81. The third-order valence-corrected chi connectivity index (χ3v) is 4.22. The Labute approximate surface area is 138 Å². The molecule has 1 aliphatic heterocycles. The van der Waals surface area contributed by atoms with Crippen molar-refractivity contribution in [2.45, 2.75) is 6.04 Å². The van der Waals surface area contributed by atoms with Gasteiger partial charge in [0.2, 0.25) is 0 Å². The zero-order chi connectivity index (χ0) is 16.5. The number of pyridine rings is 1. The molecule has 120 valence electrons. The highest BCUT2D eigenvalue weighted by atomic mass is 19.1. The van der Waals surface area contributed by atoms with Gasteiger partial charge >= 0.3 is 0 Å². The summed E-state index contributed by atoms with van der Waals surface area (Å²) in [7, 11) is 0. The molecule has 0 atom stereocenters. The quantitative estimate of drug-likeness (QED) is 0.780. The van der Waals surface area contributed by atoms with E-state index in [0.29, 0.717) is 11.3 Å². The molecule has 1 fully saturated rings. The second-order valence-electron chi connectivity index (χ2n) is 5.91. The van der Waals surface area contributed by atoms with Gasteiger partial charge in [0.15, 0.2) is 0 Å². The Kier molecular flexibility index (Phi) is 3.70. The van der Waals surface area contributed by atoms with Crippen LogP contribution in [0.1, 0.15) is 10.4 Å². The number of nitrogens with zero attached hydrogens (tertiary/aromatic N) is 1. The van der Waals surface area contributed by atoms with Crippen molar-refractivity contribution >= 4 is 16.8 Å². The van der Waals surface area contributed by atoms with Crippen molar-refractivity contribution in [3.8, 4) is 11.3 Å². The summed E-state index contributed by atoms with van der Waals surface area (Å²) in [6, 6.07) is 15.6. The lowest BCUT2D eigenvalue weighted by atomic mass is 10.0. The van der Waals surface area contributed by atoms with E-state index < -0.39 is 0 Å². The summed E-state index contributed by atoms with van der Waals surface area (Å²) in [6.07, 6.45) is 0. The first-order chi connectivity index (χ1) is 11.7. The number of nitrogens with one attached hydrogen (secondary N) is 2. The minimum atomic E-state index is -0.296. The van der Waals surface area contributed by atoms with Gasteiger partial charge in [0.05, 0.1) is 22.8 Å². The molecule has 0 unspecified atom stereocenters. The van der Waals surface area contributed by atoms with Crippen LogP contribution in [0.2, 0.25) is 0 Å². The fraction of sp³-hybridized carbons (Fsp3) is 0.158. The van der Waals surface area contributed by atoms with Gasteiger partial charge < -0.3 is 10.6 Å². The van der Waals surface area contributed by atoms with Gasteiger partial charge in [-0.1, -0.05) is 18.2 Å². The van der Waals surface area contributed by atoms with Gasteiger partial charge in [-0.15, -0.1) is 0 Å². The van der Waals surface area contributed by atoms with Crippen molar-refractivity contribution < 1.29 is 9.18 Å². The minimum absolute atomic E-state index is 0.108. The Morgan fingerprint density at radius 1 is 1.12 bits per heavy atom. The number of aromatic nitrogens is 1. The second-order valence-corrected chi connectivity index (χ2v) is 5.91. The van der Waals surface area contributed by atoms with E-state index in [1.54, 1.807) is 18.2 Å². The van der Waals surface area contributed by atoms with Crippen LogP contribution >= 0.6 is 0 Å². The summed E-state index contributed by atoms with van der Waals surface area (Å²) in [6.45, 7) is 1.58. The third-order valence-electron chi connectivity index (χ3n) is 4.22. The summed E-state index contributed by atoms with van der Waals surface area (Å²) >= 11 is 0. The first-order valence-corrected chi connectivity index (χ1v) is 7.88. The summed E-state index contributed by atoms with van der Waals surface area (Å²) in [4.78, 5) is 17.3. The van der Waals surface area contributed by atoms with Gasteiger partial charge in [-0.05, 0) is 36.4 Å². The maximum absolute atomic E-state index is 13.2. The van der Waals surface area contributed by atoms with Crippen molar-refractivity contribution in [1.82, 2.24) is 15.6 Å². The normalized spacial score (nSPS) is 14.4. The molecule has 2 aromatic carbocycles. The van der Waals surface area contributed by atoms with Gasteiger partial charge in [0.1, 0.15) is 5.82 Å². The summed E-state index contributed by atoms with van der Waals surface area (Å²) in [5.41, 5.74) is 2.77. The predicted octanol–water partition coefficient (Wildman–Crippen LogP) is 2.74. The van der Waals surface area contributed by atoms with Crippen LogP contribution in [0.25, 0.3) is 22.2 Å². The molecule has 0 spiro atoms. The van der Waals surface area contributed by atoms with Crippen molar-refractivity contribution in [2.75, 3.05) is 13.1 Å². The van der Waals surface area contributed by atoms with E-state index in [0.717, 1.165) is 29.6 Å².